The van der Waals surface area contributed by atoms with Crippen molar-refractivity contribution in [3.63, 3.8) is 0 Å². The zero-order valence-electron chi connectivity index (χ0n) is 22.8. The monoisotopic (exact) mass is 531 g/mol. The number of rotatable bonds is 8. The molecule has 0 aromatic heterocycles. The Morgan fingerprint density at radius 2 is 1.90 bits per heavy atom. The molecule has 2 atom stereocenters. The van der Waals surface area contributed by atoms with Crippen LogP contribution in [0.5, 0.6) is 11.5 Å². The van der Waals surface area contributed by atoms with Gasteiger partial charge in [-0.3, -0.25) is 14.5 Å². The van der Waals surface area contributed by atoms with Gasteiger partial charge in [-0.15, -0.1) is 0 Å². The van der Waals surface area contributed by atoms with Crippen LogP contribution in [0.2, 0.25) is 0 Å². The summed E-state index contributed by atoms with van der Waals surface area (Å²) in [5.74, 6) is 1.88. The first-order valence-corrected chi connectivity index (χ1v) is 13.8. The lowest BCUT2D eigenvalue weighted by atomic mass is 10.0. The van der Waals surface area contributed by atoms with Crippen molar-refractivity contribution in [3.8, 4) is 17.6 Å². The van der Waals surface area contributed by atoms with Gasteiger partial charge in [-0.1, -0.05) is 32.0 Å². The normalized spacial score (nSPS) is 20.7. The Bertz CT molecular complexity index is 1240. The van der Waals surface area contributed by atoms with E-state index in [-0.39, 0.29) is 36.6 Å². The summed E-state index contributed by atoms with van der Waals surface area (Å²) in [6.07, 6.45) is 1.02. The van der Waals surface area contributed by atoms with Crippen LogP contribution < -0.4 is 14.8 Å². The van der Waals surface area contributed by atoms with Gasteiger partial charge in [0.2, 0.25) is 18.6 Å². The number of hydrogen-bond donors (Lipinski definition) is 1. The summed E-state index contributed by atoms with van der Waals surface area (Å²) in [5.41, 5.74) is 2.54. The summed E-state index contributed by atoms with van der Waals surface area (Å²) >= 11 is 0. The van der Waals surface area contributed by atoms with E-state index in [2.05, 4.69) is 16.3 Å². The Morgan fingerprint density at radius 1 is 1.10 bits per heavy atom. The molecule has 0 saturated carbocycles. The van der Waals surface area contributed by atoms with Gasteiger partial charge in [0, 0.05) is 58.3 Å². The molecule has 9 heteroatoms. The molecule has 9 nitrogen and oxygen atoms in total. The van der Waals surface area contributed by atoms with E-state index in [0.717, 1.165) is 35.7 Å². The molecular formula is C30H37N5O4. The van der Waals surface area contributed by atoms with Crippen LogP contribution in [0.4, 0.5) is 0 Å². The van der Waals surface area contributed by atoms with Gasteiger partial charge in [-0.2, -0.15) is 5.26 Å². The highest BCUT2D eigenvalue weighted by molar-refractivity contribution is 5.83. The molecule has 0 bridgehead atoms. The molecule has 2 aromatic rings. The van der Waals surface area contributed by atoms with E-state index in [9.17, 15) is 14.9 Å². The minimum atomic E-state index is -0.321. The van der Waals surface area contributed by atoms with Crippen molar-refractivity contribution in [2.24, 2.45) is 5.92 Å². The molecule has 206 valence electrons. The number of carbonyl (C=O) groups excluding carboxylic acids is 2. The molecule has 2 fully saturated rings. The van der Waals surface area contributed by atoms with Gasteiger partial charge >= 0.3 is 0 Å². The van der Waals surface area contributed by atoms with Crippen molar-refractivity contribution in [1.82, 2.24) is 20.0 Å². The summed E-state index contributed by atoms with van der Waals surface area (Å²) in [5, 5.41) is 12.7. The van der Waals surface area contributed by atoms with E-state index < -0.39 is 0 Å². The number of ether oxygens (including phenoxy) is 2. The van der Waals surface area contributed by atoms with Gasteiger partial charge in [0.1, 0.15) is 0 Å². The summed E-state index contributed by atoms with van der Waals surface area (Å²) in [6.45, 7) is 8.85. The topological polar surface area (TPSA) is 98.1 Å². The average molecular weight is 532 g/mol. The van der Waals surface area contributed by atoms with Gasteiger partial charge in [-0.05, 0) is 47.7 Å². The van der Waals surface area contributed by atoms with Gasteiger partial charge in [-0.25, -0.2) is 0 Å². The van der Waals surface area contributed by atoms with E-state index in [1.165, 1.54) is 0 Å². The predicted octanol–water partition coefficient (Wildman–Crippen LogP) is 2.74. The van der Waals surface area contributed by atoms with Gasteiger partial charge < -0.3 is 24.6 Å². The molecule has 0 aliphatic carbocycles. The molecular weight excluding hydrogens is 494 g/mol. The largest absolute Gasteiger partial charge is 0.454 e. The van der Waals surface area contributed by atoms with Crippen LogP contribution in [0.25, 0.3) is 0 Å². The lowest BCUT2D eigenvalue weighted by Gasteiger charge is -2.32. The first-order chi connectivity index (χ1) is 18.9. The Hall–Kier alpha value is -3.61. The third kappa shape index (κ3) is 6.35. The van der Waals surface area contributed by atoms with Crippen molar-refractivity contribution in [2.75, 3.05) is 39.5 Å². The highest BCUT2D eigenvalue weighted by Gasteiger charge is 2.42. The number of nitrogens with zero attached hydrogens (tertiary/aromatic N) is 4. The van der Waals surface area contributed by atoms with E-state index in [4.69, 9.17) is 9.47 Å². The maximum absolute atomic E-state index is 13.8. The first-order valence-electron chi connectivity index (χ1n) is 13.8. The second-order valence-electron chi connectivity index (χ2n) is 11.0. The molecule has 2 saturated heterocycles. The lowest BCUT2D eigenvalue weighted by molar-refractivity contribution is -0.137. The molecule has 3 heterocycles. The number of nitrogens with one attached hydrogen (secondary N) is 1. The lowest BCUT2D eigenvalue weighted by Crippen LogP contribution is -2.52. The second-order valence-corrected chi connectivity index (χ2v) is 11.0. The van der Waals surface area contributed by atoms with Crippen molar-refractivity contribution in [3.05, 3.63) is 59.2 Å². The van der Waals surface area contributed by atoms with E-state index >= 15 is 0 Å². The molecule has 0 unspecified atom stereocenters. The maximum Gasteiger partial charge on any atom is 0.240 e. The zero-order chi connectivity index (χ0) is 27.4. The number of likely N-dealkylation sites (tertiary alicyclic amines) is 1. The van der Waals surface area contributed by atoms with Crippen LogP contribution in [0.15, 0.2) is 42.5 Å². The Morgan fingerprint density at radius 3 is 2.67 bits per heavy atom. The fourth-order valence-corrected chi connectivity index (χ4v) is 5.73. The Kier molecular flexibility index (Phi) is 8.34. The fourth-order valence-electron chi connectivity index (χ4n) is 5.73. The van der Waals surface area contributed by atoms with E-state index in [0.29, 0.717) is 51.1 Å². The van der Waals surface area contributed by atoms with Crippen molar-refractivity contribution < 1.29 is 19.1 Å². The molecule has 2 amide bonds. The van der Waals surface area contributed by atoms with Crippen molar-refractivity contribution >= 4 is 11.8 Å². The smallest absolute Gasteiger partial charge is 0.240 e. The third-order valence-electron chi connectivity index (χ3n) is 7.67. The van der Waals surface area contributed by atoms with Crippen LogP contribution >= 0.6 is 0 Å². The minimum absolute atomic E-state index is 0.0793. The minimum Gasteiger partial charge on any atom is -0.454 e. The molecule has 1 N–H and O–H groups in total. The number of amides is 2. The number of fused-ring (bicyclic) bond motifs is 1. The average Bonchev–Trinajstić information content (AvgIpc) is 3.58. The highest BCUT2D eigenvalue weighted by atomic mass is 16.7. The standard InChI is InChI=1S/C30H37N5O4/c1-21(2)12-29(36)35(18-23-5-3-4-22(13-23)16-31)25-15-26(30(37)33-10-8-32-9-11-33)34(19-25)17-24-6-7-27-28(14-24)39-20-38-27/h3-7,13-14,21,25-26,32H,8-12,15,17-20H2,1-2H3/t25-,26-/m0/s1. The number of nitriles is 1. The molecule has 5 rings (SSSR count). The highest BCUT2D eigenvalue weighted by Crippen LogP contribution is 2.34. The van der Waals surface area contributed by atoms with Gasteiger partial charge in [0.15, 0.2) is 11.5 Å². The van der Waals surface area contributed by atoms with Crippen LogP contribution in [0.1, 0.15) is 43.4 Å². The fraction of sp³-hybridized carbons (Fsp3) is 0.500. The van der Waals surface area contributed by atoms with Crippen LogP contribution in [-0.4, -0.2) is 78.1 Å². The number of carbonyl (C=O) groups is 2. The van der Waals surface area contributed by atoms with Crippen LogP contribution in [-0.2, 0) is 22.7 Å². The van der Waals surface area contributed by atoms with Crippen LogP contribution in [0, 0.1) is 17.2 Å². The van der Waals surface area contributed by atoms with E-state index in [1.807, 2.05) is 60.0 Å². The molecule has 0 spiro atoms. The summed E-state index contributed by atoms with van der Waals surface area (Å²) in [7, 11) is 0. The first kappa shape index (κ1) is 27.0. The summed E-state index contributed by atoms with van der Waals surface area (Å²) in [4.78, 5) is 33.5. The number of piperazine rings is 1. The number of benzene rings is 2. The molecule has 0 radical (unpaired) electrons. The van der Waals surface area contributed by atoms with Gasteiger partial charge in [0.05, 0.1) is 17.7 Å². The quantitative estimate of drug-likeness (QED) is 0.559. The molecule has 39 heavy (non-hydrogen) atoms. The maximum atomic E-state index is 13.8. The second kappa shape index (κ2) is 12.1. The Balaban J connectivity index is 1.41. The zero-order valence-corrected chi connectivity index (χ0v) is 22.8. The van der Waals surface area contributed by atoms with E-state index in [1.54, 1.807) is 6.07 Å². The molecule has 3 aliphatic rings. The Labute approximate surface area is 230 Å². The summed E-state index contributed by atoms with van der Waals surface area (Å²) in [6, 6.07) is 15.1. The predicted molar refractivity (Wildman–Crippen MR) is 146 cm³/mol. The number of hydrogen-bond acceptors (Lipinski definition) is 7. The summed E-state index contributed by atoms with van der Waals surface area (Å²) < 4.78 is 11.1. The van der Waals surface area contributed by atoms with Gasteiger partial charge in [0.25, 0.3) is 0 Å². The third-order valence-corrected chi connectivity index (χ3v) is 7.67. The SMILES string of the molecule is CC(C)CC(=O)N(Cc1cccc(C#N)c1)[C@H]1C[C@@H](C(=O)N2CCNCC2)N(Cc2ccc3c(c2)OCO3)C1. The molecule has 2 aromatic carbocycles. The molecule has 3 aliphatic heterocycles. The van der Waals surface area contributed by atoms with Crippen LogP contribution in [0.3, 0.4) is 0 Å². The van der Waals surface area contributed by atoms with Crippen molar-refractivity contribution in [2.45, 2.75) is 51.9 Å². The van der Waals surface area contributed by atoms with Crippen molar-refractivity contribution in [1.29, 1.82) is 5.26 Å².